The first-order valence-corrected chi connectivity index (χ1v) is 3.73. The van der Waals surface area contributed by atoms with Crippen molar-refractivity contribution < 1.29 is 18.0 Å². The number of hydrogen-bond donors (Lipinski definition) is 0. The highest BCUT2D eigenvalue weighted by Crippen LogP contribution is 2.18. The fourth-order valence-electron chi connectivity index (χ4n) is 0.641. The van der Waals surface area contributed by atoms with Crippen LogP contribution in [-0.4, -0.2) is 12.0 Å². The van der Waals surface area contributed by atoms with Crippen molar-refractivity contribution in [3.05, 3.63) is 12.2 Å². The lowest BCUT2D eigenvalue weighted by atomic mass is 10.2. The largest absolute Gasteiger partial charge is 0.449 e. The Morgan fingerprint density at radius 3 is 2.33 bits per heavy atom. The molecule has 1 nitrogen and oxygen atoms in total. The lowest BCUT2D eigenvalue weighted by Crippen LogP contribution is -2.21. The van der Waals surface area contributed by atoms with Crippen molar-refractivity contribution in [3.8, 4) is 0 Å². The summed E-state index contributed by atoms with van der Waals surface area (Å²) in [5.74, 6) is -1.65. The van der Waals surface area contributed by atoms with Crippen molar-refractivity contribution in [3.63, 3.8) is 0 Å². The molecule has 70 valence electrons. The molecule has 0 unspecified atom stereocenters. The molecule has 12 heavy (non-hydrogen) atoms. The van der Waals surface area contributed by atoms with Gasteiger partial charge in [-0.25, -0.2) is 0 Å². The lowest BCUT2D eigenvalue weighted by Gasteiger charge is -2.01. The summed E-state index contributed by atoms with van der Waals surface area (Å²) in [5.41, 5.74) is 0. The van der Waals surface area contributed by atoms with E-state index in [0.29, 0.717) is 0 Å². The normalized spacial score (nSPS) is 12.3. The van der Waals surface area contributed by atoms with Gasteiger partial charge in [-0.05, 0) is 12.8 Å². The van der Waals surface area contributed by atoms with Crippen molar-refractivity contribution in [1.29, 1.82) is 0 Å². The highest BCUT2D eigenvalue weighted by Gasteiger charge is 2.36. The van der Waals surface area contributed by atoms with Crippen LogP contribution in [0.15, 0.2) is 12.2 Å². The predicted octanol–water partition coefficient (Wildman–Crippen LogP) is 2.86. The second-order valence-electron chi connectivity index (χ2n) is 2.34. The maximum Gasteiger partial charge on any atom is 0.449 e. The van der Waals surface area contributed by atoms with Gasteiger partial charge in [-0.2, -0.15) is 13.2 Å². The summed E-state index contributed by atoms with van der Waals surface area (Å²) < 4.78 is 34.8. The van der Waals surface area contributed by atoms with Gasteiger partial charge in [0.1, 0.15) is 0 Å². The van der Waals surface area contributed by atoms with E-state index in [9.17, 15) is 18.0 Å². The number of carbonyl (C=O) groups is 1. The highest BCUT2D eigenvalue weighted by atomic mass is 19.4. The molecule has 0 heterocycles. The van der Waals surface area contributed by atoms with E-state index in [1.165, 1.54) is 0 Å². The number of halogens is 3. The van der Waals surface area contributed by atoms with Crippen LogP contribution in [-0.2, 0) is 4.79 Å². The Bertz CT molecular complexity index is 170. The zero-order chi connectivity index (χ0) is 9.61. The molecule has 0 bridgehead atoms. The fraction of sp³-hybridized carbons (Fsp3) is 0.625. The fourth-order valence-corrected chi connectivity index (χ4v) is 0.641. The molecule has 0 saturated carbocycles. The third kappa shape index (κ3) is 4.93. The van der Waals surface area contributed by atoms with E-state index in [2.05, 4.69) is 0 Å². The molecule has 0 saturated heterocycles. The molecule has 0 aromatic heterocycles. The van der Waals surface area contributed by atoms with Gasteiger partial charge in [-0.1, -0.05) is 19.1 Å². The zero-order valence-electron chi connectivity index (χ0n) is 6.82. The van der Waals surface area contributed by atoms with E-state index in [1.54, 1.807) is 12.2 Å². The Hall–Kier alpha value is -0.800. The van der Waals surface area contributed by atoms with Crippen LogP contribution in [0.5, 0.6) is 0 Å². The molecule has 0 aromatic rings. The molecular weight excluding hydrogens is 169 g/mol. The van der Waals surface area contributed by atoms with Gasteiger partial charge in [0, 0.05) is 6.42 Å². The Morgan fingerprint density at radius 1 is 1.33 bits per heavy atom. The van der Waals surface area contributed by atoms with Crippen LogP contribution < -0.4 is 0 Å². The summed E-state index contributed by atoms with van der Waals surface area (Å²) in [4.78, 5) is 10.3. The van der Waals surface area contributed by atoms with Gasteiger partial charge in [-0.3, -0.25) is 4.79 Å². The zero-order valence-corrected chi connectivity index (χ0v) is 6.82. The molecule has 0 aliphatic rings. The summed E-state index contributed by atoms with van der Waals surface area (Å²) in [6.45, 7) is 1.88. The van der Waals surface area contributed by atoms with E-state index in [-0.39, 0.29) is 6.42 Å². The number of alkyl halides is 3. The Morgan fingerprint density at radius 2 is 1.92 bits per heavy atom. The minimum Gasteiger partial charge on any atom is -0.290 e. The van der Waals surface area contributed by atoms with Crippen molar-refractivity contribution in [2.75, 3.05) is 0 Å². The maximum absolute atomic E-state index is 11.6. The van der Waals surface area contributed by atoms with Gasteiger partial charge in [0.2, 0.25) is 5.78 Å². The average molecular weight is 180 g/mol. The number of Topliss-reactive ketones (excluding diaryl/α,β-unsaturated/α-hetero) is 1. The van der Waals surface area contributed by atoms with Crippen molar-refractivity contribution in [1.82, 2.24) is 0 Å². The minimum absolute atomic E-state index is 0.173. The molecule has 0 aliphatic carbocycles. The molecule has 0 aromatic carbocycles. The number of allylic oxidation sites excluding steroid dienone is 2. The second-order valence-corrected chi connectivity index (χ2v) is 2.34. The summed E-state index contributed by atoms with van der Waals surface area (Å²) in [6.07, 6.45) is -0.834. The Kier molecular flexibility index (Phi) is 4.62. The van der Waals surface area contributed by atoms with Crippen molar-refractivity contribution in [2.45, 2.75) is 32.4 Å². The van der Waals surface area contributed by atoms with Gasteiger partial charge in [0.05, 0.1) is 0 Å². The summed E-state index contributed by atoms with van der Waals surface area (Å²) in [5, 5.41) is 0. The van der Waals surface area contributed by atoms with Crippen LogP contribution in [0.3, 0.4) is 0 Å². The molecule has 0 radical (unpaired) electrons. The summed E-state index contributed by atoms with van der Waals surface area (Å²) in [6, 6.07) is 0. The maximum atomic E-state index is 11.6. The van der Waals surface area contributed by atoms with Gasteiger partial charge in [-0.15, -0.1) is 0 Å². The van der Waals surface area contributed by atoms with Crippen LogP contribution >= 0.6 is 0 Å². The van der Waals surface area contributed by atoms with Crippen LogP contribution in [0.2, 0.25) is 0 Å². The minimum atomic E-state index is -4.67. The van der Waals surface area contributed by atoms with Crippen molar-refractivity contribution in [2.24, 2.45) is 0 Å². The number of rotatable bonds is 4. The molecule has 0 atom stereocenters. The number of ketones is 1. The van der Waals surface area contributed by atoms with Gasteiger partial charge >= 0.3 is 6.18 Å². The topological polar surface area (TPSA) is 17.1 Å². The molecule has 4 heteroatoms. The molecular formula is C8H11F3O. The monoisotopic (exact) mass is 180 g/mol. The van der Waals surface area contributed by atoms with E-state index in [4.69, 9.17) is 0 Å². The number of hydrogen-bond acceptors (Lipinski definition) is 1. The third-order valence-electron chi connectivity index (χ3n) is 1.26. The van der Waals surface area contributed by atoms with Gasteiger partial charge < -0.3 is 0 Å². The lowest BCUT2D eigenvalue weighted by molar-refractivity contribution is -0.170. The SMILES string of the molecule is CC/C=C\CCC(=O)C(F)(F)F. The summed E-state index contributed by atoms with van der Waals surface area (Å²) >= 11 is 0. The van der Waals surface area contributed by atoms with Crippen LogP contribution in [0.1, 0.15) is 26.2 Å². The Labute approximate surface area is 69.3 Å². The first-order valence-electron chi connectivity index (χ1n) is 3.73. The first-order chi connectivity index (χ1) is 5.48. The average Bonchev–Trinajstić information content (AvgIpc) is 1.96. The first kappa shape index (κ1) is 11.2. The molecule has 0 aliphatic heterocycles. The molecule has 0 rings (SSSR count). The smallest absolute Gasteiger partial charge is 0.290 e. The molecule has 0 fully saturated rings. The van der Waals surface area contributed by atoms with Crippen LogP contribution in [0, 0.1) is 0 Å². The molecule has 0 amide bonds. The van der Waals surface area contributed by atoms with Gasteiger partial charge in [0.25, 0.3) is 0 Å². The predicted molar refractivity (Wildman–Crippen MR) is 39.7 cm³/mol. The quantitative estimate of drug-likeness (QED) is 0.608. The van der Waals surface area contributed by atoms with E-state index in [0.717, 1.165) is 6.42 Å². The second kappa shape index (κ2) is 4.95. The molecule has 0 spiro atoms. The van der Waals surface area contributed by atoms with Crippen LogP contribution in [0.4, 0.5) is 13.2 Å². The van der Waals surface area contributed by atoms with E-state index < -0.39 is 18.4 Å². The summed E-state index contributed by atoms with van der Waals surface area (Å²) in [7, 11) is 0. The van der Waals surface area contributed by atoms with Crippen LogP contribution in [0.25, 0.3) is 0 Å². The van der Waals surface area contributed by atoms with Gasteiger partial charge in [0.15, 0.2) is 0 Å². The van der Waals surface area contributed by atoms with E-state index in [1.807, 2.05) is 6.92 Å². The highest BCUT2D eigenvalue weighted by molar-refractivity contribution is 5.84. The standard InChI is InChI=1S/C8H11F3O/c1-2-3-4-5-6-7(12)8(9,10)11/h3-4H,2,5-6H2,1H3/b4-3-. The Balaban J connectivity index is 3.66. The van der Waals surface area contributed by atoms with E-state index >= 15 is 0 Å². The number of carbonyl (C=O) groups excluding carboxylic acids is 1. The van der Waals surface area contributed by atoms with Crippen molar-refractivity contribution >= 4 is 5.78 Å². The third-order valence-corrected chi connectivity index (χ3v) is 1.26. The molecule has 0 N–H and O–H groups in total.